The minimum absolute atomic E-state index is 0.0673. The lowest BCUT2D eigenvalue weighted by Crippen LogP contribution is -2.68. The molecule has 0 spiro atoms. The summed E-state index contributed by atoms with van der Waals surface area (Å²) in [6.45, 7) is 1.64. The molecule has 16 heteroatoms. The minimum Gasteiger partial charge on any atom is -0.463 e. The lowest BCUT2D eigenvalue weighted by Gasteiger charge is -2.48. The van der Waals surface area contributed by atoms with Crippen LogP contribution in [0.15, 0.2) is 0 Å². The molecule has 0 radical (unpaired) electrons. The van der Waals surface area contributed by atoms with E-state index in [1.807, 2.05) is 0 Å². The highest BCUT2D eigenvalue weighted by atomic mass is 16.7. The summed E-state index contributed by atoms with van der Waals surface area (Å²) < 4.78 is 28.2. The Morgan fingerprint density at radius 3 is 1.84 bits per heavy atom. The lowest BCUT2D eigenvalue weighted by molar-refractivity contribution is -0.332. The van der Waals surface area contributed by atoms with Crippen molar-refractivity contribution in [3.8, 4) is 0 Å². The normalized spacial score (nSPS) is 43.1. The van der Waals surface area contributed by atoms with Gasteiger partial charge in [0.05, 0.1) is 6.04 Å². The number of unbranched alkanes of at least 4 members (excludes halogenated alkanes) is 6. The van der Waals surface area contributed by atoms with Crippen molar-refractivity contribution in [3.05, 3.63) is 0 Å². The van der Waals surface area contributed by atoms with Crippen molar-refractivity contribution in [1.82, 2.24) is 0 Å². The number of rotatable bonds is 15. The third-order valence-corrected chi connectivity index (χ3v) is 8.70. The highest BCUT2D eigenvalue weighted by Crippen LogP contribution is 2.31. The molecule has 2 saturated heterocycles. The van der Waals surface area contributed by atoms with Gasteiger partial charge in [0.25, 0.3) is 0 Å². The smallest absolute Gasteiger partial charge is 0.305 e. The van der Waals surface area contributed by atoms with Crippen molar-refractivity contribution in [1.29, 1.82) is 0 Å². The number of esters is 1. The summed E-state index contributed by atoms with van der Waals surface area (Å²) >= 11 is 0. The van der Waals surface area contributed by atoms with Crippen LogP contribution < -0.4 is 22.9 Å². The summed E-state index contributed by atoms with van der Waals surface area (Å²) in [5.74, 6) is -0.452. The quantitative estimate of drug-likeness (QED) is 0.0612. The predicted molar refractivity (Wildman–Crippen MR) is 154 cm³/mol. The summed E-state index contributed by atoms with van der Waals surface area (Å²) in [4.78, 5) is 12.3. The van der Waals surface area contributed by atoms with Crippen molar-refractivity contribution in [2.45, 2.75) is 156 Å². The summed E-state index contributed by atoms with van der Waals surface area (Å²) in [7, 11) is 0. The highest BCUT2D eigenvalue weighted by molar-refractivity contribution is 5.69. The van der Waals surface area contributed by atoms with Crippen molar-refractivity contribution >= 4 is 5.97 Å². The molecule has 16 nitrogen and oxygen atoms in total. The molecule has 15 atom stereocenters. The Kier molecular flexibility index (Phi) is 15.1. The molecular weight excluding hydrogens is 584 g/mol. The zero-order chi connectivity index (χ0) is 32.6. The van der Waals surface area contributed by atoms with Gasteiger partial charge in [-0.1, -0.05) is 45.4 Å². The van der Waals surface area contributed by atoms with E-state index in [4.69, 9.17) is 46.6 Å². The Balaban J connectivity index is 1.57. The summed E-state index contributed by atoms with van der Waals surface area (Å²) in [6, 6.07) is -2.96. The van der Waals surface area contributed by atoms with E-state index < -0.39 is 97.7 Å². The number of hydrogen-bond donors (Lipinski definition) is 10. The number of carbonyl (C=O) groups is 1. The molecule has 1 aliphatic carbocycles. The zero-order valence-electron chi connectivity index (χ0n) is 25.4. The van der Waals surface area contributed by atoms with Crippen LogP contribution in [0.2, 0.25) is 0 Å². The van der Waals surface area contributed by atoms with Crippen molar-refractivity contribution in [3.63, 3.8) is 0 Å². The SMILES string of the molecule is CCCCCCCCCC(=O)OC[C@H]1OC(OC2[C@@H](O)C(O[C@H]3OC(CN)[C@@H](O)[C@H](O)C3O)C(N)C[C@H]2N)[C@H](O)C(N)[C@@H]1O. The Morgan fingerprint density at radius 1 is 0.705 bits per heavy atom. The second-order valence-corrected chi connectivity index (χ2v) is 12.2. The van der Waals surface area contributed by atoms with E-state index in [0.29, 0.717) is 6.42 Å². The molecule has 258 valence electrons. The molecular formula is C28H54N4O12. The van der Waals surface area contributed by atoms with Crippen molar-refractivity contribution in [2.75, 3.05) is 13.2 Å². The Labute approximate surface area is 257 Å². The number of carbonyl (C=O) groups excluding carboxylic acids is 1. The lowest BCUT2D eigenvalue weighted by atomic mass is 9.84. The minimum atomic E-state index is -1.68. The Hall–Kier alpha value is -1.09. The summed E-state index contributed by atoms with van der Waals surface area (Å²) in [5.41, 5.74) is 24.1. The fourth-order valence-corrected chi connectivity index (χ4v) is 5.86. The standard InChI is InChI=1S/C28H54N4O12/c1-2-3-4-5-6-7-8-9-17(33)40-12-16-19(34)18(32)21(36)27(42-16)43-25-13(30)10-14(31)26(24(25)39)44-28-23(38)22(37)20(35)15(11-29)41-28/h13-16,18-28,34-39H,2-12,29-32H2,1H3/t13-,14?,15?,16-,18?,19-,20-,21-,22+,23?,24-,25?,26?,27?,28-/m1/s1. The van der Waals surface area contributed by atoms with Gasteiger partial charge in [-0.25, -0.2) is 0 Å². The molecule has 3 fully saturated rings. The zero-order valence-corrected chi connectivity index (χ0v) is 25.4. The van der Waals surface area contributed by atoms with Crippen LogP contribution in [-0.2, 0) is 28.5 Å². The molecule has 3 aliphatic rings. The van der Waals surface area contributed by atoms with E-state index in [1.54, 1.807) is 0 Å². The number of nitrogens with two attached hydrogens (primary N) is 4. The van der Waals surface area contributed by atoms with Crippen LogP contribution in [0.4, 0.5) is 0 Å². The molecule has 0 aromatic rings. The van der Waals surface area contributed by atoms with Gasteiger partial charge >= 0.3 is 5.97 Å². The first kappa shape index (κ1) is 37.4. The Bertz CT molecular complexity index is 861. The van der Waals surface area contributed by atoms with E-state index in [1.165, 1.54) is 19.3 Å². The number of hydrogen-bond acceptors (Lipinski definition) is 16. The maximum absolute atomic E-state index is 12.3. The molecule has 0 aromatic heterocycles. The van der Waals surface area contributed by atoms with Gasteiger partial charge in [0.1, 0.15) is 67.6 Å². The van der Waals surface area contributed by atoms with Gasteiger partial charge in [0, 0.05) is 25.0 Å². The predicted octanol–water partition coefficient (Wildman–Crippen LogP) is -3.60. The van der Waals surface area contributed by atoms with Crippen LogP contribution >= 0.6 is 0 Å². The Morgan fingerprint density at radius 2 is 1.25 bits per heavy atom. The van der Waals surface area contributed by atoms with Gasteiger partial charge < -0.3 is 77.3 Å². The second-order valence-electron chi connectivity index (χ2n) is 12.2. The van der Waals surface area contributed by atoms with Crippen molar-refractivity contribution < 1.29 is 59.1 Å². The average molecular weight is 639 g/mol. The third-order valence-electron chi connectivity index (χ3n) is 8.70. The van der Waals surface area contributed by atoms with Gasteiger partial charge in [-0.15, -0.1) is 0 Å². The van der Waals surface area contributed by atoms with Crippen LogP contribution in [0.25, 0.3) is 0 Å². The van der Waals surface area contributed by atoms with Crippen LogP contribution in [0.3, 0.4) is 0 Å². The summed E-state index contributed by atoms with van der Waals surface area (Å²) in [6.07, 6.45) is -9.25. The maximum atomic E-state index is 12.3. The molecule has 0 bridgehead atoms. The molecule has 7 unspecified atom stereocenters. The fourth-order valence-electron chi connectivity index (χ4n) is 5.86. The molecule has 3 rings (SSSR count). The largest absolute Gasteiger partial charge is 0.463 e. The van der Waals surface area contributed by atoms with E-state index in [-0.39, 0.29) is 26.0 Å². The fraction of sp³-hybridized carbons (Fsp3) is 0.964. The van der Waals surface area contributed by atoms with E-state index in [9.17, 15) is 35.4 Å². The first-order valence-electron chi connectivity index (χ1n) is 15.7. The molecule has 14 N–H and O–H groups in total. The van der Waals surface area contributed by atoms with Gasteiger partial charge in [0.15, 0.2) is 12.6 Å². The van der Waals surface area contributed by atoms with Gasteiger partial charge in [-0.2, -0.15) is 0 Å². The molecule has 0 aromatic carbocycles. The molecule has 0 amide bonds. The van der Waals surface area contributed by atoms with E-state index in [2.05, 4.69) is 6.92 Å². The van der Waals surface area contributed by atoms with E-state index in [0.717, 1.165) is 19.3 Å². The third kappa shape index (κ3) is 9.48. The van der Waals surface area contributed by atoms with Gasteiger partial charge in [-0.05, 0) is 12.8 Å². The van der Waals surface area contributed by atoms with Gasteiger partial charge in [0.2, 0.25) is 0 Å². The van der Waals surface area contributed by atoms with Crippen LogP contribution in [-0.4, -0.2) is 142 Å². The topological polar surface area (TPSA) is 289 Å². The van der Waals surface area contributed by atoms with E-state index >= 15 is 0 Å². The van der Waals surface area contributed by atoms with Crippen LogP contribution in [0, 0.1) is 0 Å². The van der Waals surface area contributed by atoms with Crippen molar-refractivity contribution in [2.24, 2.45) is 22.9 Å². The number of aliphatic hydroxyl groups is 6. The molecule has 1 saturated carbocycles. The molecule has 2 heterocycles. The molecule has 44 heavy (non-hydrogen) atoms. The number of aliphatic hydroxyl groups excluding tert-OH is 6. The maximum Gasteiger partial charge on any atom is 0.305 e. The number of ether oxygens (including phenoxy) is 5. The first-order valence-corrected chi connectivity index (χ1v) is 15.7. The monoisotopic (exact) mass is 638 g/mol. The molecule has 2 aliphatic heterocycles. The van der Waals surface area contributed by atoms with Gasteiger partial charge in [-0.3, -0.25) is 4.79 Å². The van der Waals surface area contributed by atoms with Crippen LogP contribution in [0.1, 0.15) is 64.7 Å². The highest BCUT2D eigenvalue weighted by Gasteiger charge is 2.51. The summed E-state index contributed by atoms with van der Waals surface area (Å²) in [5, 5.41) is 63.1. The first-order chi connectivity index (χ1) is 20.9. The average Bonchev–Trinajstić information content (AvgIpc) is 2.99. The van der Waals surface area contributed by atoms with Crippen LogP contribution in [0.5, 0.6) is 0 Å². The second kappa shape index (κ2) is 17.7.